The number of pyridine rings is 1. The lowest BCUT2D eigenvalue weighted by Gasteiger charge is -2.01. The quantitative estimate of drug-likeness (QED) is 0.353. The van der Waals surface area contributed by atoms with Crippen LogP contribution in [0.5, 0.6) is 5.75 Å². The first-order chi connectivity index (χ1) is 13.4. The van der Waals surface area contributed by atoms with E-state index < -0.39 is 15.1 Å². The first kappa shape index (κ1) is 24.3. The van der Waals surface area contributed by atoms with Crippen molar-refractivity contribution in [2.75, 3.05) is 6.54 Å². The molecule has 7 heteroatoms. The number of fused-ring (bicyclic) bond motifs is 1. The van der Waals surface area contributed by atoms with Crippen LogP contribution in [0.25, 0.3) is 10.9 Å². The number of aromatic nitrogens is 1. The second-order valence-electron chi connectivity index (χ2n) is 6.94. The molecule has 0 spiro atoms. The molecule has 2 rings (SSSR count). The molecule has 0 fully saturated rings. The van der Waals surface area contributed by atoms with Crippen molar-refractivity contribution >= 4 is 21.0 Å². The molecule has 0 aliphatic carbocycles. The predicted molar refractivity (Wildman–Crippen MR) is 114 cm³/mol. The van der Waals surface area contributed by atoms with Crippen molar-refractivity contribution in [1.82, 2.24) is 4.98 Å². The van der Waals surface area contributed by atoms with Gasteiger partial charge in [-0.05, 0) is 31.2 Å². The molecule has 0 bridgehead atoms. The minimum atomic E-state index is -4.33. The molecule has 2 aromatic rings. The van der Waals surface area contributed by atoms with E-state index in [4.69, 9.17) is 10.3 Å². The highest BCUT2D eigenvalue weighted by molar-refractivity contribution is 7.85. The Morgan fingerprint density at radius 1 is 0.893 bits per heavy atom. The van der Waals surface area contributed by atoms with Crippen molar-refractivity contribution in [3.05, 3.63) is 30.3 Å². The third-order valence-electron chi connectivity index (χ3n) is 4.50. The van der Waals surface area contributed by atoms with Crippen LogP contribution in [-0.2, 0) is 10.1 Å². The van der Waals surface area contributed by atoms with Gasteiger partial charge in [0.25, 0.3) is 0 Å². The second-order valence-corrected chi connectivity index (χ2v) is 8.31. The van der Waals surface area contributed by atoms with Crippen LogP contribution in [0.15, 0.2) is 35.4 Å². The maximum Gasteiger partial charge on any atom is 0.312 e. The van der Waals surface area contributed by atoms with Gasteiger partial charge in [0.15, 0.2) is 5.03 Å². The van der Waals surface area contributed by atoms with Crippen LogP contribution in [0, 0.1) is 0 Å². The van der Waals surface area contributed by atoms with Crippen molar-refractivity contribution in [3.8, 4) is 5.75 Å². The van der Waals surface area contributed by atoms with Gasteiger partial charge in [0.2, 0.25) is 0 Å². The average Bonchev–Trinajstić information content (AvgIpc) is 2.67. The first-order valence-electron chi connectivity index (χ1n) is 10.2. The van der Waals surface area contributed by atoms with E-state index in [1.54, 1.807) is 12.1 Å². The fourth-order valence-corrected chi connectivity index (χ4v) is 3.34. The molecule has 158 valence electrons. The number of nitrogens with zero attached hydrogens (tertiary/aromatic N) is 1. The molecule has 0 aliphatic heterocycles. The van der Waals surface area contributed by atoms with Gasteiger partial charge in [-0.3, -0.25) is 4.55 Å². The molecule has 0 aliphatic rings. The summed E-state index contributed by atoms with van der Waals surface area (Å²) < 4.78 is 30.4. The maximum absolute atomic E-state index is 10.8. The number of hydrogen-bond acceptors (Lipinski definition) is 5. The van der Waals surface area contributed by atoms with E-state index in [1.807, 2.05) is 0 Å². The minimum Gasteiger partial charge on any atom is -0.506 e. The van der Waals surface area contributed by atoms with E-state index in [9.17, 15) is 13.5 Å². The lowest BCUT2D eigenvalue weighted by Crippen LogP contribution is -2.00. The van der Waals surface area contributed by atoms with E-state index in [1.165, 1.54) is 82.4 Å². The summed E-state index contributed by atoms with van der Waals surface area (Å²) in [6, 6.07) is 7.33. The van der Waals surface area contributed by atoms with Crippen LogP contribution >= 0.6 is 0 Å². The van der Waals surface area contributed by atoms with E-state index in [-0.39, 0.29) is 11.3 Å². The summed E-state index contributed by atoms with van der Waals surface area (Å²) in [5.74, 6) is -0.127. The van der Waals surface area contributed by atoms with Gasteiger partial charge < -0.3 is 10.8 Å². The zero-order valence-electron chi connectivity index (χ0n) is 16.8. The smallest absolute Gasteiger partial charge is 0.312 e. The normalized spacial score (nSPS) is 11.2. The minimum absolute atomic E-state index is 0.127. The molecule has 28 heavy (non-hydrogen) atoms. The number of unbranched alkanes of at least 4 members (excludes halogenated alkanes) is 9. The average molecular weight is 411 g/mol. The van der Waals surface area contributed by atoms with Gasteiger partial charge in [-0.25, -0.2) is 4.98 Å². The molecule has 0 radical (unpaired) electrons. The number of para-hydroxylation sites is 1. The number of benzene rings is 1. The Kier molecular flexibility index (Phi) is 11.7. The van der Waals surface area contributed by atoms with Gasteiger partial charge in [-0.1, -0.05) is 76.8 Å². The van der Waals surface area contributed by atoms with Crippen LogP contribution < -0.4 is 5.73 Å². The number of phenols is 1. The Hall–Kier alpha value is -1.70. The largest absolute Gasteiger partial charge is 0.506 e. The summed E-state index contributed by atoms with van der Waals surface area (Å²) in [6.07, 6.45) is 13.9. The molecule has 1 heterocycles. The monoisotopic (exact) mass is 410 g/mol. The Bertz CT molecular complexity index is 784. The molecular formula is C21H34N2O4S. The van der Waals surface area contributed by atoms with Gasteiger partial charge in [0, 0.05) is 5.39 Å². The van der Waals surface area contributed by atoms with Crippen molar-refractivity contribution in [2.45, 2.75) is 76.2 Å². The Balaban J connectivity index is 0.000000284. The van der Waals surface area contributed by atoms with Gasteiger partial charge in [-0.15, -0.1) is 0 Å². The zero-order chi connectivity index (χ0) is 20.8. The number of phenolic OH excluding ortho intramolecular Hbond substituents is 1. The van der Waals surface area contributed by atoms with Gasteiger partial charge in [0.05, 0.1) is 0 Å². The summed E-state index contributed by atoms with van der Waals surface area (Å²) in [7, 11) is -4.33. The Morgan fingerprint density at radius 3 is 2.00 bits per heavy atom. The molecular weight excluding hydrogens is 376 g/mol. The third kappa shape index (κ3) is 9.48. The van der Waals surface area contributed by atoms with Crippen molar-refractivity contribution in [3.63, 3.8) is 0 Å². The van der Waals surface area contributed by atoms with Gasteiger partial charge >= 0.3 is 10.1 Å². The molecule has 0 saturated heterocycles. The number of hydrogen-bond donors (Lipinski definition) is 3. The van der Waals surface area contributed by atoms with E-state index >= 15 is 0 Å². The molecule has 0 amide bonds. The Morgan fingerprint density at radius 2 is 1.46 bits per heavy atom. The van der Waals surface area contributed by atoms with Crippen LogP contribution in [0.3, 0.4) is 0 Å². The zero-order valence-corrected chi connectivity index (χ0v) is 17.6. The van der Waals surface area contributed by atoms with Crippen molar-refractivity contribution in [1.29, 1.82) is 0 Å². The third-order valence-corrected chi connectivity index (χ3v) is 5.25. The molecule has 4 N–H and O–H groups in total. The fraction of sp³-hybridized carbons (Fsp3) is 0.571. The summed E-state index contributed by atoms with van der Waals surface area (Å²) in [5.41, 5.74) is 5.57. The number of rotatable bonds is 11. The SMILES string of the molecule is CCCCCCCCCCCCN.O=S(=O)(O)c1ccc2cccc(O)c2n1. The lowest BCUT2D eigenvalue weighted by atomic mass is 10.1. The summed E-state index contributed by atoms with van der Waals surface area (Å²) in [6.45, 7) is 3.14. The van der Waals surface area contributed by atoms with E-state index in [0.29, 0.717) is 5.39 Å². The highest BCUT2D eigenvalue weighted by Crippen LogP contribution is 2.23. The van der Waals surface area contributed by atoms with E-state index in [2.05, 4.69) is 11.9 Å². The summed E-state index contributed by atoms with van der Waals surface area (Å²) in [4.78, 5) is 3.66. The predicted octanol–water partition coefficient (Wildman–Crippen LogP) is 5.05. The maximum atomic E-state index is 10.8. The van der Waals surface area contributed by atoms with E-state index in [0.717, 1.165) is 6.54 Å². The molecule has 0 saturated carbocycles. The molecule has 6 nitrogen and oxygen atoms in total. The van der Waals surface area contributed by atoms with Gasteiger partial charge in [0.1, 0.15) is 11.3 Å². The summed E-state index contributed by atoms with van der Waals surface area (Å²) >= 11 is 0. The van der Waals surface area contributed by atoms with Crippen molar-refractivity contribution in [2.24, 2.45) is 5.73 Å². The molecule has 0 atom stereocenters. The lowest BCUT2D eigenvalue weighted by molar-refractivity contribution is 0.476. The van der Waals surface area contributed by atoms with Crippen LogP contribution in [0.1, 0.15) is 71.1 Å². The summed E-state index contributed by atoms with van der Waals surface area (Å²) in [5, 5.41) is 9.55. The standard InChI is InChI=1S/C12H27N.C9H7NO4S/c1-2-3-4-5-6-7-8-9-10-11-12-13;11-7-3-1-2-6-4-5-8(10-9(6)7)15(12,13)14/h2-13H2,1H3;1-5,11H,(H,12,13,14). The highest BCUT2D eigenvalue weighted by atomic mass is 32.2. The van der Waals surface area contributed by atoms with Gasteiger partial charge in [-0.2, -0.15) is 8.42 Å². The van der Waals surface area contributed by atoms with Crippen LogP contribution in [-0.4, -0.2) is 29.6 Å². The molecule has 0 unspecified atom stereocenters. The number of nitrogens with two attached hydrogens (primary N) is 1. The van der Waals surface area contributed by atoms with Crippen LogP contribution in [0.2, 0.25) is 0 Å². The topological polar surface area (TPSA) is 114 Å². The molecule has 1 aromatic heterocycles. The first-order valence-corrected chi connectivity index (χ1v) is 11.6. The highest BCUT2D eigenvalue weighted by Gasteiger charge is 2.12. The van der Waals surface area contributed by atoms with Crippen LogP contribution in [0.4, 0.5) is 0 Å². The second kappa shape index (κ2) is 13.5. The molecule has 1 aromatic carbocycles. The fourth-order valence-electron chi connectivity index (χ4n) is 2.89. The van der Waals surface area contributed by atoms with Crippen molar-refractivity contribution < 1.29 is 18.1 Å². The number of aromatic hydroxyl groups is 1. The Labute approximate surface area is 168 Å².